The molecule has 3 aromatic rings. The van der Waals surface area contributed by atoms with E-state index in [0.29, 0.717) is 10.6 Å². The average molecular weight is 419 g/mol. The summed E-state index contributed by atoms with van der Waals surface area (Å²) < 4.78 is 1.05. The first-order valence-corrected chi connectivity index (χ1v) is 9.72. The van der Waals surface area contributed by atoms with Crippen molar-refractivity contribution < 1.29 is 4.79 Å². The van der Waals surface area contributed by atoms with Crippen molar-refractivity contribution in [1.29, 1.82) is 0 Å². The number of carbonyl (C=O) groups is 1. The third-order valence-electron chi connectivity index (χ3n) is 3.58. The number of rotatable bonds is 5. The van der Waals surface area contributed by atoms with Crippen LogP contribution in [0, 0.1) is 6.92 Å². The summed E-state index contributed by atoms with van der Waals surface area (Å²) in [4.78, 5) is 18.5. The van der Waals surface area contributed by atoms with Gasteiger partial charge in [0.2, 0.25) is 0 Å². The van der Waals surface area contributed by atoms with E-state index in [9.17, 15) is 4.79 Å². The summed E-state index contributed by atoms with van der Waals surface area (Å²) in [6.07, 6.45) is 2.55. The first-order chi connectivity index (χ1) is 11.5. The van der Waals surface area contributed by atoms with E-state index in [2.05, 4.69) is 33.1 Å². The summed E-state index contributed by atoms with van der Waals surface area (Å²) in [6.45, 7) is 1.94. The fourth-order valence-corrected chi connectivity index (χ4v) is 4.88. The molecule has 0 fully saturated rings. The molecule has 3 rings (SSSR count). The zero-order chi connectivity index (χ0) is 17.1. The minimum absolute atomic E-state index is 0.428. The summed E-state index contributed by atoms with van der Waals surface area (Å²) in [7, 11) is 0. The standard InChI is InChI=1S/C18H15BrN2OS2/c1-11-14(9-12-5-3-2-4-6-12)24-18(16(11)17(20)22)21-10-13-7-8-15(19)23-13/h2-8,10H,9H2,1H3,(H2,20,22)/b21-10+. The molecule has 1 aromatic carbocycles. The zero-order valence-electron chi connectivity index (χ0n) is 13.0. The second-order valence-electron chi connectivity index (χ2n) is 5.26. The summed E-state index contributed by atoms with van der Waals surface area (Å²) in [5.74, 6) is -0.428. The van der Waals surface area contributed by atoms with Crippen LogP contribution in [0.2, 0.25) is 0 Å². The van der Waals surface area contributed by atoms with Crippen molar-refractivity contribution in [3.05, 3.63) is 72.7 Å². The minimum atomic E-state index is -0.428. The number of primary amides is 1. The number of benzene rings is 1. The molecule has 0 saturated heterocycles. The molecule has 0 saturated carbocycles. The largest absolute Gasteiger partial charge is 0.365 e. The molecule has 0 unspecified atom stereocenters. The van der Waals surface area contributed by atoms with E-state index in [4.69, 9.17) is 5.73 Å². The van der Waals surface area contributed by atoms with Gasteiger partial charge in [-0.1, -0.05) is 30.3 Å². The quantitative estimate of drug-likeness (QED) is 0.559. The summed E-state index contributed by atoms with van der Waals surface area (Å²) >= 11 is 6.55. The van der Waals surface area contributed by atoms with E-state index in [-0.39, 0.29) is 0 Å². The first kappa shape index (κ1) is 17.1. The van der Waals surface area contributed by atoms with Crippen molar-refractivity contribution in [2.24, 2.45) is 10.7 Å². The normalized spacial score (nSPS) is 11.2. The maximum Gasteiger partial charge on any atom is 0.252 e. The van der Waals surface area contributed by atoms with Gasteiger partial charge >= 0.3 is 0 Å². The van der Waals surface area contributed by atoms with Crippen LogP contribution in [-0.4, -0.2) is 12.1 Å². The Morgan fingerprint density at radius 3 is 2.58 bits per heavy atom. The topological polar surface area (TPSA) is 55.4 Å². The molecule has 0 bridgehead atoms. The Labute approximate surface area is 157 Å². The predicted molar refractivity (Wildman–Crippen MR) is 106 cm³/mol. The lowest BCUT2D eigenvalue weighted by molar-refractivity contribution is 0.100. The summed E-state index contributed by atoms with van der Waals surface area (Å²) in [6, 6.07) is 14.1. The number of nitrogens with zero attached hydrogens (tertiary/aromatic N) is 1. The smallest absolute Gasteiger partial charge is 0.252 e. The van der Waals surface area contributed by atoms with Gasteiger partial charge < -0.3 is 5.73 Å². The van der Waals surface area contributed by atoms with Crippen LogP contribution < -0.4 is 5.73 Å². The minimum Gasteiger partial charge on any atom is -0.365 e. The van der Waals surface area contributed by atoms with Crippen molar-refractivity contribution in [3.8, 4) is 0 Å². The summed E-state index contributed by atoms with van der Waals surface area (Å²) in [5.41, 5.74) is 8.24. The van der Waals surface area contributed by atoms with E-state index in [1.54, 1.807) is 17.6 Å². The lowest BCUT2D eigenvalue weighted by atomic mass is 10.1. The van der Waals surface area contributed by atoms with Crippen molar-refractivity contribution in [2.75, 3.05) is 0 Å². The van der Waals surface area contributed by atoms with Gasteiger partial charge in [-0.2, -0.15) is 0 Å². The number of hydrogen-bond acceptors (Lipinski definition) is 4. The molecule has 24 heavy (non-hydrogen) atoms. The number of amides is 1. The predicted octanol–water partition coefficient (Wildman–Crippen LogP) is 5.32. The van der Waals surface area contributed by atoms with Gasteiger partial charge in [0.15, 0.2) is 0 Å². The second kappa shape index (κ2) is 7.42. The highest BCUT2D eigenvalue weighted by atomic mass is 79.9. The first-order valence-electron chi connectivity index (χ1n) is 7.30. The molecule has 0 aliphatic heterocycles. The molecular formula is C18H15BrN2OS2. The highest BCUT2D eigenvalue weighted by Gasteiger charge is 2.18. The van der Waals surface area contributed by atoms with Gasteiger partial charge in [0.25, 0.3) is 5.91 Å². The third kappa shape index (κ3) is 3.83. The molecule has 2 heterocycles. The maximum atomic E-state index is 11.9. The lowest BCUT2D eigenvalue weighted by Gasteiger charge is -2.00. The van der Waals surface area contributed by atoms with Crippen LogP contribution >= 0.6 is 38.6 Å². The molecule has 0 aliphatic carbocycles. The Kier molecular flexibility index (Phi) is 5.28. The van der Waals surface area contributed by atoms with E-state index in [1.165, 1.54) is 16.9 Å². The van der Waals surface area contributed by atoms with Crippen LogP contribution in [0.25, 0.3) is 0 Å². The molecule has 0 aliphatic rings. The SMILES string of the molecule is Cc1c(Cc2ccccc2)sc(/N=C/c2ccc(Br)s2)c1C(N)=O. The van der Waals surface area contributed by atoms with Gasteiger partial charge in [-0.15, -0.1) is 22.7 Å². The summed E-state index contributed by atoms with van der Waals surface area (Å²) in [5, 5.41) is 0.676. The molecule has 2 aromatic heterocycles. The van der Waals surface area contributed by atoms with Gasteiger partial charge in [0, 0.05) is 22.4 Å². The molecule has 0 spiro atoms. The van der Waals surface area contributed by atoms with Crippen LogP contribution in [0.4, 0.5) is 5.00 Å². The number of nitrogens with two attached hydrogens (primary N) is 1. The Hall–Kier alpha value is -1.76. The van der Waals surface area contributed by atoms with Crippen molar-refractivity contribution in [2.45, 2.75) is 13.3 Å². The lowest BCUT2D eigenvalue weighted by Crippen LogP contribution is -2.11. The number of thiophene rings is 2. The van der Waals surface area contributed by atoms with Gasteiger partial charge in [-0.3, -0.25) is 4.79 Å². The third-order valence-corrected chi connectivity index (χ3v) is 6.34. The average Bonchev–Trinajstić information content (AvgIpc) is 3.10. The molecule has 1 amide bonds. The maximum absolute atomic E-state index is 11.9. The van der Waals surface area contributed by atoms with E-state index < -0.39 is 5.91 Å². The van der Waals surface area contributed by atoms with Gasteiger partial charge in [0.1, 0.15) is 5.00 Å². The van der Waals surface area contributed by atoms with Crippen LogP contribution in [-0.2, 0) is 6.42 Å². The van der Waals surface area contributed by atoms with Crippen molar-refractivity contribution >= 4 is 55.7 Å². The van der Waals surface area contributed by atoms with Gasteiger partial charge in [0.05, 0.1) is 9.35 Å². The number of aliphatic imine (C=N–C) groups is 1. The highest BCUT2D eigenvalue weighted by Crippen LogP contribution is 2.36. The Morgan fingerprint density at radius 2 is 1.96 bits per heavy atom. The van der Waals surface area contributed by atoms with E-state index in [1.807, 2.05) is 37.3 Å². The van der Waals surface area contributed by atoms with Crippen molar-refractivity contribution in [3.63, 3.8) is 0 Å². The molecule has 2 N–H and O–H groups in total. The van der Waals surface area contributed by atoms with Gasteiger partial charge in [-0.25, -0.2) is 4.99 Å². The Bertz CT molecular complexity index is 897. The van der Waals surface area contributed by atoms with E-state index >= 15 is 0 Å². The number of halogens is 1. The highest BCUT2D eigenvalue weighted by molar-refractivity contribution is 9.11. The second-order valence-corrected chi connectivity index (χ2v) is 8.84. The molecule has 0 atom stereocenters. The van der Waals surface area contributed by atoms with Crippen LogP contribution in [0.1, 0.15) is 31.2 Å². The molecule has 0 radical (unpaired) electrons. The number of carbonyl (C=O) groups excluding carboxylic acids is 1. The fraction of sp³-hybridized carbons (Fsp3) is 0.111. The Morgan fingerprint density at radius 1 is 1.21 bits per heavy atom. The van der Waals surface area contributed by atoms with Crippen LogP contribution in [0.5, 0.6) is 0 Å². The van der Waals surface area contributed by atoms with Crippen LogP contribution in [0.15, 0.2) is 51.2 Å². The van der Waals surface area contributed by atoms with E-state index in [0.717, 1.165) is 25.5 Å². The van der Waals surface area contributed by atoms with Crippen LogP contribution in [0.3, 0.4) is 0 Å². The fourth-order valence-electron chi connectivity index (χ4n) is 2.40. The Balaban J connectivity index is 1.95. The molecule has 3 nitrogen and oxygen atoms in total. The zero-order valence-corrected chi connectivity index (χ0v) is 16.2. The van der Waals surface area contributed by atoms with Gasteiger partial charge in [-0.05, 0) is 46.1 Å². The number of hydrogen-bond donors (Lipinski definition) is 1. The van der Waals surface area contributed by atoms with Crippen molar-refractivity contribution in [1.82, 2.24) is 0 Å². The molecular weight excluding hydrogens is 404 g/mol. The monoisotopic (exact) mass is 418 g/mol. The molecule has 122 valence electrons. The molecule has 6 heteroatoms.